The van der Waals surface area contributed by atoms with Gasteiger partial charge in [0.15, 0.2) is 9.75 Å². The molecule has 4 aromatic carbocycles. The summed E-state index contributed by atoms with van der Waals surface area (Å²) in [6, 6.07) is 23.6. The number of ether oxygens (including phenoxy) is 1. The number of non-ortho nitro benzene ring substituents is 1. The number of imide groups is 2. The molecule has 2 aliphatic heterocycles. The number of anilines is 2. The van der Waals surface area contributed by atoms with Gasteiger partial charge in [0.25, 0.3) is 17.5 Å². The Bertz CT molecular complexity index is 2270. The van der Waals surface area contributed by atoms with E-state index in [9.17, 15) is 38.8 Å². The molecule has 3 fully saturated rings. The fourth-order valence-corrected chi connectivity index (χ4v) is 9.27. The number of aromatic hydroxyl groups is 1. The molecule has 14 heteroatoms. The molecule has 11 nitrogen and oxygen atoms in total. The number of alkyl halides is 2. The van der Waals surface area contributed by atoms with Crippen LogP contribution in [0.1, 0.15) is 29.9 Å². The normalized spacial score (nSPS) is 27.6. The maximum absolute atomic E-state index is 14.6. The molecule has 2 heterocycles. The number of amides is 4. The van der Waals surface area contributed by atoms with E-state index in [2.05, 4.69) is 0 Å². The van der Waals surface area contributed by atoms with Gasteiger partial charge in [-0.3, -0.25) is 29.3 Å². The summed E-state index contributed by atoms with van der Waals surface area (Å²) in [6.07, 6.45) is 1.40. The van der Waals surface area contributed by atoms with Gasteiger partial charge in [0.05, 0.1) is 28.1 Å². The zero-order valence-electron chi connectivity index (χ0n) is 27.5. The van der Waals surface area contributed by atoms with E-state index < -0.39 is 67.8 Å². The molecular weight excluding hydrogens is 728 g/mol. The zero-order chi connectivity index (χ0) is 37.4. The Labute approximate surface area is 311 Å². The molecule has 0 aromatic heterocycles. The van der Waals surface area contributed by atoms with E-state index in [-0.39, 0.29) is 47.8 Å². The van der Waals surface area contributed by atoms with Gasteiger partial charge in [-0.15, -0.1) is 23.2 Å². The fourth-order valence-electron chi connectivity index (χ4n) is 8.34. The number of hydrogen-bond donors (Lipinski definition) is 1. The van der Waals surface area contributed by atoms with Crippen molar-refractivity contribution in [3.05, 3.63) is 136 Å². The molecule has 2 aliphatic carbocycles. The number of phenolic OH excluding ortho intramolecular Hbond substituents is 1. The van der Waals surface area contributed by atoms with Gasteiger partial charge >= 0.3 is 0 Å². The highest BCUT2D eigenvalue weighted by molar-refractivity contribution is 6.58. The molecule has 0 radical (unpaired) electrons. The Kier molecular flexibility index (Phi) is 8.15. The smallest absolute Gasteiger partial charge is 0.271 e. The number of nitro groups is 1. The van der Waals surface area contributed by atoms with Crippen LogP contribution in [0.25, 0.3) is 0 Å². The third-order valence-corrected chi connectivity index (χ3v) is 12.2. The Morgan fingerprint density at radius 1 is 0.849 bits per heavy atom. The summed E-state index contributed by atoms with van der Waals surface area (Å²) in [5.41, 5.74) is 1.15. The lowest BCUT2D eigenvalue weighted by Gasteiger charge is -2.50. The number of carbonyl (C=O) groups is 4. The molecule has 1 saturated carbocycles. The minimum atomic E-state index is -2.26. The van der Waals surface area contributed by atoms with Crippen molar-refractivity contribution in [3.63, 3.8) is 0 Å². The lowest BCUT2D eigenvalue weighted by molar-refractivity contribution is -0.384. The van der Waals surface area contributed by atoms with Crippen LogP contribution in [0.4, 0.5) is 21.5 Å². The second-order valence-corrected chi connectivity index (χ2v) is 14.8. The van der Waals surface area contributed by atoms with E-state index in [1.807, 2.05) is 30.3 Å². The summed E-state index contributed by atoms with van der Waals surface area (Å²) in [4.78, 5) is 65.4. The second-order valence-electron chi connectivity index (χ2n) is 13.5. The number of nitrogens with zero attached hydrogens (tertiary/aromatic N) is 3. The van der Waals surface area contributed by atoms with Gasteiger partial charge in [-0.05, 0) is 60.7 Å². The fraction of sp³-hybridized carbons (Fsp3) is 0.231. The summed E-state index contributed by atoms with van der Waals surface area (Å²) in [5.74, 6) is -7.91. The molecule has 1 N–H and O–H groups in total. The quantitative estimate of drug-likeness (QED) is 0.0714. The van der Waals surface area contributed by atoms with Crippen LogP contribution >= 0.6 is 23.2 Å². The third-order valence-electron chi connectivity index (χ3n) is 10.8. The number of carbonyl (C=O) groups excluding carboxylic acids is 4. The van der Waals surface area contributed by atoms with Crippen molar-refractivity contribution < 1.29 is 38.3 Å². The summed E-state index contributed by atoms with van der Waals surface area (Å²) in [6.45, 7) is 0.195. The zero-order valence-corrected chi connectivity index (χ0v) is 29.0. The summed E-state index contributed by atoms with van der Waals surface area (Å²) >= 11 is 14.8. The third kappa shape index (κ3) is 5.14. The van der Waals surface area contributed by atoms with Crippen molar-refractivity contribution in [2.75, 3.05) is 9.80 Å². The predicted molar refractivity (Wildman–Crippen MR) is 191 cm³/mol. The molecule has 4 aromatic rings. The number of nitro benzene ring substituents is 1. The lowest BCUT2D eigenvalue weighted by atomic mass is 9.56. The van der Waals surface area contributed by atoms with Crippen molar-refractivity contribution in [1.82, 2.24) is 0 Å². The standard InChI is InChI=1S/C39H28Cl2FN3O8/c40-38-19-30-27(15-16-29-32(30)35(48)43(34(29)47)24-7-4-8-25(17-24)45(51)52)33(28-14-13-26(18-31(28)46)53-20-21-5-2-1-3-6-21)39(38,41)37(50)44(36(38)49)23-11-9-22(42)10-12-23/h1-15,17-18,29-30,32-33,46H,16,19-20H2/t29-,30+,32-,33+,38+,39-/m0/s1. The van der Waals surface area contributed by atoms with Crippen LogP contribution in [-0.4, -0.2) is 43.4 Å². The van der Waals surface area contributed by atoms with Gasteiger partial charge in [0.1, 0.15) is 23.9 Å². The van der Waals surface area contributed by atoms with Crippen molar-refractivity contribution in [2.24, 2.45) is 17.8 Å². The van der Waals surface area contributed by atoms with Crippen LogP contribution in [-0.2, 0) is 25.8 Å². The van der Waals surface area contributed by atoms with Crippen LogP contribution in [0.5, 0.6) is 11.5 Å². The minimum absolute atomic E-state index is 0.0160. The van der Waals surface area contributed by atoms with Gasteiger partial charge < -0.3 is 9.84 Å². The van der Waals surface area contributed by atoms with E-state index in [1.54, 1.807) is 12.1 Å². The summed E-state index contributed by atoms with van der Waals surface area (Å²) in [5, 5.41) is 23.1. The number of benzene rings is 4. The first kappa shape index (κ1) is 34.5. The number of halogens is 3. The van der Waals surface area contributed by atoms with Crippen LogP contribution in [0.2, 0.25) is 0 Å². The predicted octanol–water partition coefficient (Wildman–Crippen LogP) is 6.79. The molecule has 268 valence electrons. The molecule has 0 bridgehead atoms. The highest BCUT2D eigenvalue weighted by atomic mass is 35.5. The second kappa shape index (κ2) is 12.5. The van der Waals surface area contributed by atoms with Crippen molar-refractivity contribution >= 4 is 63.9 Å². The van der Waals surface area contributed by atoms with E-state index in [1.165, 1.54) is 42.5 Å². The Morgan fingerprint density at radius 3 is 2.28 bits per heavy atom. The first-order chi connectivity index (χ1) is 25.3. The molecule has 6 atom stereocenters. The maximum atomic E-state index is 14.6. The Morgan fingerprint density at radius 2 is 1.58 bits per heavy atom. The first-order valence-corrected chi connectivity index (χ1v) is 17.4. The number of phenols is 1. The molecule has 0 unspecified atom stereocenters. The lowest BCUT2D eigenvalue weighted by Crippen LogP contribution is -2.60. The SMILES string of the molecule is O=C1[C@H]2[C@H](CC=C3[C@H]2C[C@@]2(Cl)C(=O)N(c4ccc(F)cc4)C(=O)[C@@]2(Cl)[C@H]3c2ccc(OCc3ccccc3)cc2O)C(=O)N1c1cccc([N+](=O)[O-])c1. The maximum Gasteiger partial charge on any atom is 0.271 e. The van der Waals surface area contributed by atoms with Crippen molar-refractivity contribution in [1.29, 1.82) is 0 Å². The monoisotopic (exact) mass is 755 g/mol. The van der Waals surface area contributed by atoms with E-state index in [4.69, 9.17) is 27.9 Å². The van der Waals surface area contributed by atoms with E-state index in [0.717, 1.165) is 33.6 Å². The van der Waals surface area contributed by atoms with E-state index in [0.29, 0.717) is 11.3 Å². The number of rotatable bonds is 7. The van der Waals surface area contributed by atoms with Crippen LogP contribution < -0.4 is 14.5 Å². The van der Waals surface area contributed by atoms with Gasteiger partial charge in [0.2, 0.25) is 11.8 Å². The Balaban J connectivity index is 1.24. The van der Waals surface area contributed by atoms with E-state index >= 15 is 0 Å². The number of allylic oxidation sites excluding steroid dienone is 2. The summed E-state index contributed by atoms with van der Waals surface area (Å²) in [7, 11) is 0. The molecule has 8 rings (SSSR count). The van der Waals surface area contributed by atoms with Crippen LogP contribution in [0, 0.1) is 33.7 Å². The molecule has 4 amide bonds. The number of fused-ring (bicyclic) bond motifs is 4. The van der Waals surface area contributed by atoms with Crippen LogP contribution in [0.3, 0.4) is 0 Å². The topological polar surface area (TPSA) is 147 Å². The van der Waals surface area contributed by atoms with Crippen molar-refractivity contribution in [3.8, 4) is 11.5 Å². The molecular formula is C39H28Cl2FN3O8. The minimum Gasteiger partial charge on any atom is -0.508 e. The van der Waals surface area contributed by atoms with Gasteiger partial charge in [0, 0.05) is 29.7 Å². The van der Waals surface area contributed by atoms with Crippen LogP contribution in [0.15, 0.2) is 109 Å². The highest BCUT2D eigenvalue weighted by Gasteiger charge is 2.77. The molecule has 53 heavy (non-hydrogen) atoms. The van der Waals surface area contributed by atoms with Gasteiger partial charge in [-0.25, -0.2) is 14.2 Å². The van der Waals surface area contributed by atoms with Gasteiger partial charge in [-0.2, -0.15) is 0 Å². The van der Waals surface area contributed by atoms with Gasteiger partial charge in [-0.1, -0.05) is 54.1 Å². The number of hydrogen-bond acceptors (Lipinski definition) is 8. The average Bonchev–Trinajstić information content (AvgIpc) is 3.49. The Hall–Kier alpha value is -5.59. The molecule has 0 spiro atoms. The molecule has 2 saturated heterocycles. The first-order valence-electron chi connectivity index (χ1n) is 16.7. The molecule has 4 aliphatic rings. The average molecular weight is 757 g/mol. The largest absolute Gasteiger partial charge is 0.508 e. The van der Waals surface area contributed by atoms with Crippen molar-refractivity contribution in [2.45, 2.75) is 35.1 Å². The highest BCUT2D eigenvalue weighted by Crippen LogP contribution is 2.66. The summed E-state index contributed by atoms with van der Waals surface area (Å²) < 4.78 is 19.9.